The summed E-state index contributed by atoms with van der Waals surface area (Å²) in [6.07, 6.45) is 4.97. The minimum absolute atomic E-state index is 0.121. The molecule has 130 valence electrons. The van der Waals surface area contributed by atoms with Crippen LogP contribution in [0, 0.1) is 0 Å². The van der Waals surface area contributed by atoms with Gasteiger partial charge in [0.1, 0.15) is 5.76 Å². The molecule has 0 aliphatic heterocycles. The maximum Gasteiger partial charge on any atom is 0.254 e. The number of aromatic nitrogens is 2. The predicted octanol–water partition coefficient (Wildman–Crippen LogP) is 3.84. The Kier molecular flexibility index (Phi) is 6.19. The fraction of sp³-hybridized carbons (Fsp3) is 0.222. The Bertz CT molecular complexity index is 817. The first-order valence-electron chi connectivity index (χ1n) is 7.86. The van der Waals surface area contributed by atoms with E-state index in [0.29, 0.717) is 23.7 Å². The molecule has 0 fully saturated rings. The van der Waals surface area contributed by atoms with Gasteiger partial charge in [-0.05, 0) is 23.8 Å². The lowest BCUT2D eigenvalue weighted by Crippen LogP contribution is -2.25. The Morgan fingerprint density at radius 2 is 2.16 bits per heavy atom. The van der Waals surface area contributed by atoms with Crippen molar-refractivity contribution in [3.05, 3.63) is 77.0 Å². The van der Waals surface area contributed by atoms with Crippen LogP contribution in [0.5, 0.6) is 0 Å². The van der Waals surface area contributed by atoms with Crippen molar-refractivity contribution >= 4 is 29.3 Å². The van der Waals surface area contributed by atoms with Crippen LogP contribution in [0.2, 0.25) is 5.02 Å². The largest absolute Gasteiger partial charge is 0.468 e. The summed E-state index contributed by atoms with van der Waals surface area (Å²) in [5.74, 6) is 2.44. The molecule has 0 bridgehead atoms. The second-order valence-electron chi connectivity index (χ2n) is 5.41. The summed E-state index contributed by atoms with van der Waals surface area (Å²) < 4.78 is 6.97. The van der Waals surface area contributed by atoms with Crippen molar-refractivity contribution in [2.75, 3.05) is 12.3 Å². The zero-order valence-electron chi connectivity index (χ0n) is 13.5. The first-order valence-corrected chi connectivity index (χ1v) is 9.40. The van der Waals surface area contributed by atoms with Crippen molar-refractivity contribution in [3.8, 4) is 0 Å². The standard InChI is InChI=1S/C18H18ClN3O2S/c19-17-6-2-1-4-14(17)11-22-12-15(10-21-22)18(23)20-7-9-25-13-16-5-3-8-24-16/h1-6,8,10,12H,7,9,11,13H2,(H,20,23). The molecule has 25 heavy (non-hydrogen) atoms. The van der Waals surface area contributed by atoms with Gasteiger partial charge in [-0.15, -0.1) is 0 Å². The second-order valence-corrected chi connectivity index (χ2v) is 6.92. The zero-order valence-corrected chi connectivity index (χ0v) is 15.1. The zero-order chi connectivity index (χ0) is 17.5. The fourth-order valence-electron chi connectivity index (χ4n) is 2.27. The van der Waals surface area contributed by atoms with Crippen LogP contribution in [-0.2, 0) is 12.3 Å². The van der Waals surface area contributed by atoms with Crippen molar-refractivity contribution in [3.63, 3.8) is 0 Å². The van der Waals surface area contributed by atoms with Gasteiger partial charge >= 0.3 is 0 Å². The van der Waals surface area contributed by atoms with Crippen LogP contribution < -0.4 is 5.32 Å². The molecule has 0 saturated heterocycles. The lowest BCUT2D eigenvalue weighted by Gasteiger charge is -2.04. The SMILES string of the molecule is O=C(NCCSCc1ccco1)c1cnn(Cc2ccccc2Cl)c1. The Morgan fingerprint density at radius 3 is 2.96 bits per heavy atom. The smallest absolute Gasteiger partial charge is 0.254 e. The molecule has 0 atom stereocenters. The molecule has 0 aliphatic rings. The number of amides is 1. The maximum atomic E-state index is 12.2. The topological polar surface area (TPSA) is 60.1 Å². The van der Waals surface area contributed by atoms with Crippen molar-refractivity contribution < 1.29 is 9.21 Å². The summed E-state index contributed by atoms with van der Waals surface area (Å²) in [5, 5.41) is 7.82. The van der Waals surface area contributed by atoms with E-state index < -0.39 is 0 Å². The minimum atomic E-state index is -0.121. The molecule has 0 radical (unpaired) electrons. The lowest BCUT2D eigenvalue weighted by molar-refractivity contribution is 0.0956. The highest BCUT2D eigenvalue weighted by Gasteiger charge is 2.09. The van der Waals surface area contributed by atoms with E-state index in [0.717, 1.165) is 22.8 Å². The van der Waals surface area contributed by atoms with Crippen molar-refractivity contribution in [2.45, 2.75) is 12.3 Å². The number of carbonyl (C=O) groups is 1. The molecule has 1 amide bonds. The molecule has 0 saturated carbocycles. The summed E-state index contributed by atoms with van der Waals surface area (Å²) >= 11 is 7.86. The van der Waals surface area contributed by atoms with Gasteiger partial charge in [0, 0.05) is 23.5 Å². The number of nitrogens with one attached hydrogen (secondary N) is 1. The molecule has 3 rings (SSSR count). The third-order valence-corrected chi connectivity index (χ3v) is 4.89. The number of benzene rings is 1. The van der Waals surface area contributed by atoms with E-state index >= 15 is 0 Å². The van der Waals surface area contributed by atoms with Gasteiger partial charge in [-0.3, -0.25) is 9.48 Å². The second kappa shape index (κ2) is 8.78. The minimum Gasteiger partial charge on any atom is -0.468 e. The molecule has 1 aromatic carbocycles. The summed E-state index contributed by atoms with van der Waals surface area (Å²) in [5.41, 5.74) is 1.51. The highest BCUT2D eigenvalue weighted by atomic mass is 35.5. The summed E-state index contributed by atoms with van der Waals surface area (Å²) in [4.78, 5) is 12.2. The summed E-state index contributed by atoms with van der Waals surface area (Å²) in [6, 6.07) is 11.4. The Balaban J connectivity index is 1.43. The van der Waals surface area contributed by atoms with Gasteiger partial charge in [0.2, 0.25) is 0 Å². The molecule has 0 unspecified atom stereocenters. The number of furan rings is 1. The molecule has 2 heterocycles. The van der Waals surface area contributed by atoms with E-state index in [9.17, 15) is 4.79 Å². The molecule has 3 aromatic rings. The average Bonchev–Trinajstić information content (AvgIpc) is 3.28. The Morgan fingerprint density at radius 1 is 1.28 bits per heavy atom. The fourth-order valence-corrected chi connectivity index (χ4v) is 3.23. The monoisotopic (exact) mass is 375 g/mol. The van der Waals surface area contributed by atoms with E-state index in [1.54, 1.807) is 35.1 Å². The Hall–Kier alpha value is -2.18. The van der Waals surface area contributed by atoms with Crippen LogP contribution in [0.25, 0.3) is 0 Å². The highest BCUT2D eigenvalue weighted by molar-refractivity contribution is 7.98. The average molecular weight is 376 g/mol. The molecular weight excluding hydrogens is 358 g/mol. The number of thioether (sulfide) groups is 1. The molecule has 1 N–H and O–H groups in total. The number of rotatable bonds is 8. The van der Waals surface area contributed by atoms with E-state index in [1.807, 2.05) is 36.4 Å². The quantitative estimate of drug-likeness (QED) is 0.608. The molecular formula is C18H18ClN3O2S. The predicted molar refractivity (Wildman–Crippen MR) is 100.0 cm³/mol. The van der Waals surface area contributed by atoms with Crippen molar-refractivity contribution in [2.24, 2.45) is 0 Å². The number of carbonyl (C=O) groups excluding carboxylic acids is 1. The number of hydrogen-bond donors (Lipinski definition) is 1. The summed E-state index contributed by atoms with van der Waals surface area (Å²) in [7, 11) is 0. The van der Waals surface area contributed by atoms with Gasteiger partial charge in [-0.1, -0.05) is 29.8 Å². The highest BCUT2D eigenvalue weighted by Crippen LogP contribution is 2.16. The van der Waals surface area contributed by atoms with Crippen LogP contribution in [-0.4, -0.2) is 28.0 Å². The number of halogens is 1. The molecule has 2 aromatic heterocycles. The van der Waals surface area contributed by atoms with Gasteiger partial charge < -0.3 is 9.73 Å². The molecule has 5 nitrogen and oxygen atoms in total. The maximum absolute atomic E-state index is 12.2. The van der Waals surface area contributed by atoms with Gasteiger partial charge in [-0.2, -0.15) is 16.9 Å². The van der Waals surface area contributed by atoms with Crippen LogP contribution in [0.3, 0.4) is 0 Å². The molecule has 0 spiro atoms. The van der Waals surface area contributed by atoms with Crippen molar-refractivity contribution in [1.82, 2.24) is 15.1 Å². The van der Waals surface area contributed by atoms with E-state index in [1.165, 1.54) is 0 Å². The Labute approximate surface area is 155 Å². The van der Waals surface area contributed by atoms with Gasteiger partial charge in [-0.25, -0.2) is 0 Å². The summed E-state index contributed by atoms with van der Waals surface area (Å²) in [6.45, 7) is 1.13. The van der Waals surface area contributed by atoms with Crippen LogP contribution >= 0.6 is 23.4 Å². The number of hydrogen-bond acceptors (Lipinski definition) is 4. The van der Waals surface area contributed by atoms with Crippen LogP contribution in [0.4, 0.5) is 0 Å². The van der Waals surface area contributed by atoms with Crippen molar-refractivity contribution in [1.29, 1.82) is 0 Å². The van der Waals surface area contributed by atoms with Crippen LogP contribution in [0.1, 0.15) is 21.7 Å². The van der Waals surface area contributed by atoms with Gasteiger partial charge in [0.15, 0.2) is 0 Å². The third kappa shape index (κ3) is 5.14. The third-order valence-electron chi connectivity index (χ3n) is 3.54. The van der Waals surface area contributed by atoms with E-state index in [-0.39, 0.29) is 5.91 Å². The molecule has 7 heteroatoms. The van der Waals surface area contributed by atoms with E-state index in [4.69, 9.17) is 16.0 Å². The van der Waals surface area contributed by atoms with Crippen LogP contribution in [0.15, 0.2) is 59.5 Å². The van der Waals surface area contributed by atoms with Gasteiger partial charge in [0.05, 0.1) is 30.3 Å². The lowest BCUT2D eigenvalue weighted by atomic mass is 10.2. The normalized spacial score (nSPS) is 10.8. The van der Waals surface area contributed by atoms with E-state index in [2.05, 4.69) is 10.4 Å². The molecule has 0 aliphatic carbocycles. The number of nitrogens with zero attached hydrogens (tertiary/aromatic N) is 2. The van der Waals surface area contributed by atoms with Gasteiger partial charge in [0.25, 0.3) is 5.91 Å². The first-order chi connectivity index (χ1) is 12.2. The first kappa shape index (κ1) is 17.6.